The maximum Gasteiger partial charge on any atom is 0.193 e. The van der Waals surface area contributed by atoms with E-state index < -0.39 is 0 Å². The van der Waals surface area contributed by atoms with E-state index in [1.54, 1.807) is 0 Å². The number of aliphatic imine (C=N–C) groups is 1. The monoisotopic (exact) mass is 352 g/mol. The first-order valence-electron chi connectivity index (χ1n) is 9.94. The lowest BCUT2D eigenvalue weighted by atomic mass is 10.2. The molecule has 3 aliphatic rings. The van der Waals surface area contributed by atoms with Crippen LogP contribution in [0.2, 0.25) is 0 Å². The third-order valence-corrected chi connectivity index (χ3v) is 5.76. The van der Waals surface area contributed by atoms with Crippen molar-refractivity contribution in [3.05, 3.63) is 0 Å². The van der Waals surface area contributed by atoms with Gasteiger partial charge >= 0.3 is 0 Å². The number of ether oxygens (including phenoxy) is 1. The fraction of sp³-hybridized carbons (Fsp3) is 0.944. The van der Waals surface area contributed by atoms with Gasteiger partial charge in [0.15, 0.2) is 5.96 Å². The molecule has 0 saturated carbocycles. The van der Waals surface area contributed by atoms with Crippen LogP contribution in [0.1, 0.15) is 12.8 Å². The molecule has 3 fully saturated rings. The first kappa shape index (κ1) is 18.9. The molecule has 0 aromatic rings. The van der Waals surface area contributed by atoms with Gasteiger partial charge in [0.1, 0.15) is 0 Å². The van der Waals surface area contributed by atoms with Crippen molar-refractivity contribution < 1.29 is 4.74 Å². The molecular weight excluding hydrogens is 316 g/mol. The highest BCUT2D eigenvalue weighted by atomic mass is 16.5. The van der Waals surface area contributed by atoms with E-state index in [2.05, 4.69) is 37.0 Å². The summed E-state index contributed by atoms with van der Waals surface area (Å²) in [6.45, 7) is 13.0. The highest BCUT2D eigenvalue weighted by molar-refractivity contribution is 5.80. The van der Waals surface area contributed by atoms with Crippen molar-refractivity contribution in [2.75, 3.05) is 92.8 Å². The van der Waals surface area contributed by atoms with E-state index >= 15 is 0 Å². The summed E-state index contributed by atoms with van der Waals surface area (Å²) in [5, 5.41) is 3.59. The van der Waals surface area contributed by atoms with Crippen molar-refractivity contribution in [2.24, 2.45) is 4.99 Å². The van der Waals surface area contributed by atoms with Gasteiger partial charge in [-0.05, 0) is 33.0 Å². The number of hydrogen-bond acceptors (Lipinski definition) is 5. The van der Waals surface area contributed by atoms with Crippen molar-refractivity contribution in [3.63, 3.8) is 0 Å². The average Bonchev–Trinajstić information content (AvgIpc) is 3.04. The van der Waals surface area contributed by atoms with Crippen molar-refractivity contribution in [1.82, 2.24) is 24.9 Å². The van der Waals surface area contributed by atoms with Gasteiger partial charge < -0.3 is 24.8 Å². The maximum atomic E-state index is 5.48. The Morgan fingerprint density at radius 2 is 1.92 bits per heavy atom. The molecule has 0 aromatic heterocycles. The summed E-state index contributed by atoms with van der Waals surface area (Å²) in [6, 6.07) is 0.656. The normalized spacial score (nSPS) is 28.3. The number of guanidine groups is 1. The Bertz CT molecular complexity index is 426. The first-order chi connectivity index (χ1) is 12.3. The smallest absolute Gasteiger partial charge is 0.193 e. The van der Waals surface area contributed by atoms with Crippen LogP contribution in [0.3, 0.4) is 0 Å². The summed E-state index contributed by atoms with van der Waals surface area (Å²) in [4.78, 5) is 14.5. The number of likely N-dealkylation sites (tertiary alicyclic amines) is 1. The van der Waals surface area contributed by atoms with Gasteiger partial charge in [-0.2, -0.15) is 0 Å². The first-order valence-corrected chi connectivity index (χ1v) is 9.94. The van der Waals surface area contributed by atoms with Crippen LogP contribution in [0.4, 0.5) is 0 Å². The van der Waals surface area contributed by atoms with Gasteiger partial charge in [0.05, 0.1) is 13.2 Å². The van der Waals surface area contributed by atoms with Crippen LogP contribution in [-0.4, -0.2) is 124 Å². The maximum absolute atomic E-state index is 5.48. The number of morpholine rings is 1. The van der Waals surface area contributed by atoms with Gasteiger partial charge in [0.25, 0.3) is 0 Å². The minimum absolute atomic E-state index is 0.656. The van der Waals surface area contributed by atoms with Crippen molar-refractivity contribution in [2.45, 2.75) is 18.9 Å². The molecule has 0 aromatic carbocycles. The topological polar surface area (TPSA) is 46.6 Å². The molecule has 1 N–H and O–H groups in total. The fourth-order valence-electron chi connectivity index (χ4n) is 4.16. The van der Waals surface area contributed by atoms with E-state index in [4.69, 9.17) is 4.74 Å². The van der Waals surface area contributed by atoms with E-state index in [-0.39, 0.29) is 0 Å². The molecule has 3 rings (SSSR count). The number of rotatable bonds is 4. The Morgan fingerprint density at radius 3 is 2.72 bits per heavy atom. The van der Waals surface area contributed by atoms with Crippen molar-refractivity contribution >= 4 is 5.96 Å². The van der Waals surface area contributed by atoms with Gasteiger partial charge in [-0.1, -0.05) is 0 Å². The second-order valence-corrected chi connectivity index (χ2v) is 7.51. The quantitative estimate of drug-likeness (QED) is 0.549. The molecule has 0 spiro atoms. The molecule has 1 unspecified atom stereocenters. The molecule has 7 heteroatoms. The van der Waals surface area contributed by atoms with E-state index in [1.165, 1.54) is 39.0 Å². The summed E-state index contributed by atoms with van der Waals surface area (Å²) in [7, 11) is 4.13. The molecule has 0 amide bonds. The molecule has 3 aliphatic heterocycles. The zero-order valence-electron chi connectivity index (χ0n) is 16.1. The zero-order chi connectivity index (χ0) is 17.5. The SMILES string of the molecule is CN=C(NCCN1CCCN(C)CC1)N1CCC(N2CCOCC2)C1. The largest absolute Gasteiger partial charge is 0.379 e. The third kappa shape index (κ3) is 5.54. The van der Waals surface area contributed by atoms with Gasteiger partial charge in [-0.15, -0.1) is 0 Å². The molecule has 25 heavy (non-hydrogen) atoms. The van der Waals surface area contributed by atoms with Gasteiger partial charge in [0.2, 0.25) is 0 Å². The molecule has 3 saturated heterocycles. The lowest BCUT2D eigenvalue weighted by Gasteiger charge is -2.32. The summed E-state index contributed by atoms with van der Waals surface area (Å²) in [6.07, 6.45) is 2.51. The summed E-state index contributed by atoms with van der Waals surface area (Å²) in [5.41, 5.74) is 0. The number of likely N-dealkylation sites (N-methyl/N-ethyl adjacent to an activating group) is 1. The summed E-state index contributed by atoms with van der Waals surface area (Å²) < 4.78 is 5.48. The Morgan fingerprint density at radius 1 is 1.08 bits per heavy atom. The van der Waals surface area contributed by atoms with Gasteiger partial charge in [-0.3, -0.25) is 9.89 Å². The summed E-state index contributed by atoms with van der Waals surface area (Å²) >= 11 is 0. The highest BCUT2D eigenvalue weighted by Gasteiger charge is 2.30. The van der Waals surface area contributed by atoms with Crippen LogP contribution in [0.25, 0.3) is 0 Å². The Kier molecular flexibility index (Phi) is 7.34. The number of nitrogens with zero attached hydrogens (tertiary/aromatic N) is 5. The molecule has 0 aliphatic carbocycles. The van der Waals surface area contributed by atoms with Crippen LogP contribution in [-0.2, 0) is 4.74 Å². The lowest BCUT2D eigenvalue weighted by Crippen LogP contribution is -2.47. The zero-order valence-corrected chi connectivity index (χ0v) is 16.1. The molecular formula is C18H36N6O. The highest BCUT2D eigenvalue weighted by Crippen LogP contribution is 2.17. The minimum atomic E-state index is 0.656. The van der Waals surface area contributed by atoms with Crippen molar-refractivity contribution in [1.29, 1.82) is 0 Å². The van der Waals surface area contributed by atoms with E-state index in [0.29, 0.717) is 6.04 Å². The van der Waals surface area contributed by atoms with Crippen molar-refractivity contribution in [3.8, 4) is 0 Å². The van der Waals surface area contributed by atoms with Gasteiger partial charge in [0, 0.05) is 65.4 Å². The lowest BCUT2D eigenvalue weighted by molar-refractivity contribution is 0.0195. The summed E-state index contributed by atoms with van der Waals surface area (Å²) in [5.74, 6) is 1.07. The van der Waals surface area contributed by atoms with Gasteiger partial charge in [-0.25, -0.2) is 0 Å². The molecule has 144 valence electrons. The van der Waals surface area contributed by atoms with Crippen LogP contribution in [0.5, 0.6) is 0 Å². The predicted molar refractivity (Wildman–Crippen MR) is 102 cm³/mol. The Hall–Kier alpha value is -0.890. The average molecular weight is 353 g/mol. The van der Waals surface area contributed by atoms with E-state index in [9.17, 15) is 0 Å². The van der Waals surface area contributed by atoms with Crippen LogP contribution in [0.15, 0.2) is 4.99 Å². The molecule has 7 nitrogen and oxygen atoms in total. The van der Waals surface area contributed by atoms with E-state index in [0.717, 1.165) is 58.4 Å². The molecule has 0 bridgehead atoms. The minimum Gasteiger partial charge on any atom is -0.379 e. The second-order valence-electron chi connectivity index (χ2n) is 7.51. The fourth-order valence-corrected chi connectivity index (χ4v) is 4.16. The number of hydrogen-bond donors (Lipinski definition) is 1. The number of nitrogens with one attached hydrogen (secondary N) is 1. The third-order valence-electron chi connectivity index (χ3n) is 5.76. The molecule has 1 atom stereocenters. The molecule has 3 heterocycles. The second kappa shape index (κ2) is 9.71. The Labute approximate surface area is 153 Å². The molecule has 0 radical (unpaired) electrons. The van der Waals surface area contributed by atoms with Crippen LogP contribution in [0, 0.1) is 0 Å². The predicted octanol–water partition coefficient (Wildman–Crippen LogP) is -0.394. The Balaban J connectivity index is 1.39. The van der Waals surface area contributed by atoms with Crippen LogP contribution < -0.4 is 5.32 Å². The van der Waals surface area contributed by atoms with E-state index in [1.807, 2.05) is 7.05 Å². The standard InChI is InChI=1S/C18H36N6O/c1-19-18(20-5-9-22-7-3-6-21(2)10-11-22)24-8-4-17(16-24)23-12-14-25-15-13-23/h17H,3-16H2,1-2H3,(H,19,20). The van der Waals surface area contributed by atoms with Crippen LogP contribution >= 0.6 is 0 Å².